The van der Waals surface area contributed by atoms with Crippen molar-refractivity contribution < 1.29 is 19.5 Å². The molecule has 1 rings (SSSR count). The summed E-state index contributed by atoms with van der Waals surface area (Å²) >= 11 is 0. The molecule has 0 aromatic heterocycles. The van der Waals surface area contributed by atoms with Crippen LogP contribution in [0.3, 0.4) is 0 Å². The van der Waals surface area contributed by atoms with Crippen molar-refractivity contribution in [2.45, 2.75) is 37.8 Å². The molecule has 1 heterocycles. The maximum atomic E-state index is 11.5. The molecule has 0 aliphatic carbocycles. The summed E-state index contributed by atoms with van der Waals surface area (Å²) in [5.74, 6) is -1.38. The number of carboxylic acids is 1. The molecule has 0 spiro atoms. The number of hydrogen-bond acceptors (Lipinski definition) is 4. The Bertz CT molecular complexity index is 290. The van der Waals surface area contributed by atoms with Crippen LogP contribution in [0.2, 0.25) is 0 Å². The number of aliphatic carboxylic acids is 1. The molecule has 1 aliphatic heterocycles. The third-order valence-corrected chi connectivity index (χ3v) is 2.40. The van der Waals surface area contributed by atoms with Crippen molar-refractivity contribution in [1.82, 2.24) is 5.32 Å². The van der Waals surface area contributed by atoms with Gasteiger partial charge < -0.3 is 16.2 Å². The lowest BCUT2D eigenvalue weighted by molar-refractivity contribution is -0.138. The van der Waals surface area contributed by atoms with Crippen LogP contribution < -0.4 is 11.1 Å². The molecule has 6 nitrogen and oxygen atoms in total. The summed E-state index contributed by atoms with van der Waals surface area (Å²) in [5, 5.41) is 11.0. The van der Waals surface area contributed by atoms with Gasteiger partial charge in [0.2, 0.25) is 5.91 Å². The number of carboxylic acid groups (broad SMARTS) is 1. The average molecular weight is 214 g/mol. The smallest absolute Gasteiger partial charge is 0.320 e. The van der Waals surface area contributed by atoms with Gasteiger partial charge in [0, 0.05) is 12.8 Å². The normalized spacial score (nSPS) is 22.2. The fourth-order valence-corrected chi connectivity index (χ4v) is 1.45. The number of hydrogen-bond donors (Lipinski definition) is 3. The van der Waals surface area contributed by atoms with E-state index < -0.39 is 18.1 Å². The molecule has 4 N–H and O–H groups in total. The number of Topliss-reactive ketones (excluding diaryl/α,β-unsaturated/α-hetero) is 1. The molecule has 84 valence electrons. The van der Waals surface area contributed by atoms with Crippen molar-refractivity contribution in [3.63, 3.8) is 0 Å². The quantitative estimate of drug-likeness (QED) is 0.545. The molecule has 0 radical (unpaired) electrons. The monoisotopic (exact) mass is 214 g/mol. The number of carbonyl (C=O) groups excluding carboxylic acids is 2. The molecule has 0 saturated carbocycles. The zero-order valence-electron chi connectivity index (χ0n) is 8.23. The zero-order valence-corrected chi connectivity index (χ0v) is 8.23. The summed E-state index contributed by atoms with van der Waals surface area (Å²) in [4.78, 5) is 32.7. The second-order valence-electron chi connectivity index (χ2n) is 3.61. The molecule has 1 aliphatic rings. The Labute approximate surface area is 86.8 Å². The minimum atomic E-state index is -1.11. The van der Waals surface area contributed by atoms with Crippen LogP contribution in [0.4, 0.5) is 0 Å². The summed E-state index contributed by atoms with van der Waals surface area (Å²) in [6, 6.07) is -1.45. The van der Waals surface area contributed by atoms with E-state index in [0.29, 0.717) is 12.8 Å². The molecule has 15 heavy (non-hydrogen) atoms. The van der Waals surface area contributed by atoms with Crippen molar-refractivity contribution in [2.75, 3.05) is 0 Å². The van der Waals surface area contributed by atoms with Crippen molar-refractivity contribution in [3.05, 3.63) is 0 Å². The Hall–Kier alpha value is -1.43. The van der Waals surface area contributed by atoms with Gasteiger partial charge in [-0.1, -0.05) is 0 Å². The molecule has 6 heteroatoms. The Morgan fingerprint density at radius 3 is 2.73 bits per heavy atom. The highest BCUT2D eigenvalue weighted by Gasteiger charge is 2.27. The summed E-state index contributed by atoms with van der Waals surface area (Å²) < 4.78 is 0. The van der Waals surface area contributed by atoms with E-state index >= 15 is 0 Å². The predicted octanol–water partition coefficient (Wildman–Crippen LogP) is -0.974. The van der Waals surface area contributed by atoms with Crippen molar-refractivity contribution in [2.24, 2.45) is 5.73 Å². The lowest BCUT2D eigenvalue weighted by Gasteiger charge is -2.09. The first-order chi connectivity index (χ1) is 7.00. The molecule has 1 saturated heterocycles. The summed E-state index contributed by atoms with van der Waals surface area (Å²) in [6.07, 6.45) is 1.07. The highest BCUT2D eigenvalue weighted by Crippen LogP contribution is 2.10. The minimum absolute atomic E-state index is 0.0956. The van der Waals surface area contributed by atoms with Crippen molar-refractivity contribution in [1.29, 1.82) is 0 Å². The number of carbonyl (C=O) groups is 3. The maximum Gasteiger partial charge on any atom is 0.320 e. The molecule has 2 atom stereocenters. The van der Waals surface area contributed by atoms with Crippen molar-refractivity contribution in [3.8, 4) is 0 Å². The van der Waals surface area contributed by atoms with E-state index in [0.717, 1.165) is 0 Å². The van der Waals surface area contributed by atoms with Gasteiger partial charge >= 0.3 is 5.97 Å². The first-order valence-electron chi connectivity index (χ1n) is 4.81. The fourth-order valence-electron chi connectivity index (χ4n) is 1.45. The Morgan fingerprint density at radius 2 is 2.27 bits per heavy atom. The fraction of sp³-hybridized carbons (Fsp3) is 0.667. The molecule has 0 bridgehead atoms. The largest absolute Gasteiger partial charge is 0.480 e. The number of rotatable bonds is 5. The molecular weight excluding hydrogens is 200 g/mol. The van der Waals surface area contributed by atoms with E-state index in [1.54, 1.807) is 0 Å². The van der Waals surface area contributed by atoms with E-state index in [1.807, 2.05) is 0 Å². The van der Waals surface area contributed by atoms with Crippen LogP contribution in [0.1, 0.15) is 25.7 Å². The third-order valence-electron chi connectivity index (χ3n) is 2.40. The van der Waals surface area contributed by atoms with Crippen LogP contribution in [0, 0.1) is 0 Å². The molecule has 1 amide bonds. The van der Waals surface area contributed by atoms with E-state index in [4.69, 9.17) is 10.8 Å². The molecule has 2 unspecified atom stereocenters. The van der Waals surface area contributed by atoms with E-state index in [1.165, 1.54) is 0 Å². The highest BCUT2D eigenvalue weighted by atomic mass is 16.4. The van der Waals surface area contributed by atoms with Gasteiger partial charge in [-0.2, -0.15) is 0 Å². The van der Waals surface area contributed by atoms with E-state index in [-0.39, 0.29) is 24.5 Å². The van der Waals surface area contributed by atoms with Crippen LogP contribution in [0.5, 0.6) is 0 Å². The second-order valence-corrected chi connectivity index (χ2v) is 3.61. The van der Waals surface area contributed by atoms with Gasteiger partial charge in [-0.3, -0.25) is 14.4 Å². The van der Waals surface area contributed by atoms with E-state index in [9.17, 15) is 14.4 Å². The second kappa shape index (κ2) is 4.88. The zero-order chi connectivity index (χ0) is 11.4. The minimum Gasteiger partial charge on any atom is -0.480 e. The van der Waals surface area contributed by atoms with Crippen LogP contribution >= 0.6 is 0 Å². The first-order valence-corrected chi connectivity index (χ1v) is 4.81. The summed E-state index contributed by atoms with van der Waals surface area (Å²) in [5.41, 5.74) is 5.25. The van der Waals surface area contributed by atoms with Gasteiger partial charge in [-0.05, 0) is 12.8 Å². The molecule has 1 fully saturated rings. The summed E-state index contributed by atoms with van der Waals surface area (Å²) in [7, 11) is 0. The molecule has 0 aromatic carbocycles. The predicted molar refractivity (Wildman–Crippen MR) is 51.0 cm³/mol. The van der Waals surface area contributed by atoms with Crippen LogP contribution in [0.15, 0.2) is 0 Å². The topological polar surface area (TPSA) is 109 Å². The number of amides is 1. The molecule has 0 aromatic rings. The maximum absolute atomic E-state index is 11.5. The van der Waals surface area contributed by atoms with Gasteiger partial charge in [-0.15, -0.1) is 0 Å². The van der Waals surface area contributed by atoms with E-state index in [2.05, 4.69) is 5.32 Å². The Morgan fingerprint density at radius 1 is 1.60 bits per heavy atom. The van der Waals surface area contributed by atoms with Crippen LogP contribution in [0.25, 0.3) is 0 Å². The van der Waals surface area contributed by atoms with Gasteiger partial charge in [0.25, 0.3) is 0 Å². The molecular formula is C9H14N2O4. The summed E-state index contributed by atoms with van der Waals surface area (Å²) in [6.45, 7) is 0. The van der Waals surface area contributed by atoms with Crippen LogP contribution in [-0.4, -0.2) is 34.8 Å². The SMILES string of the molecule is NC(CCC(=O)C1CCC(=O)N1)C(=O)O. The number of nitrogens with one attached hydrogen (secondary N) is 1. The van der Waals surface area contributed by atoms with Gasteiger partial charge in [-0.25, -0.2) is 0 Å². The van der Waals surface area contributed by atoms with Crippen molar-refractivity contribution >= 4 is 17.7 Å². The third kappa shape index (κ3) is 3.32. The lowest BCUT2D eigenvalue weighted by Crippen LogP contribution is -2.35. The number of nitrogens with two attached hydrogens (primary N) is 1. The Balaban J connectivity index is 2.30. The highest BCUT2D eigenvalue weighted by molar-refractivity contribution is 5.92. The van der Waals surface area contributed by atoms with Gasteiger partial charge in [0.05, 0.1) is 6.04 Å². The Kier molecular flexibility index (Phi) is 3.79. The van der Waals surface area contributed by atoms with Gasteiger partial charge in [0.15, 0.2) is 5.78 Å². The average Bonchev–Trinajstić information content (AvgIpc) is 2.60. The standard InChI is InChI=1S/C9H14N2O4/c10-5(9(14)15)1-3-7(12)6-2-4-8(13)11-6/h5-6H,1-4,10H2,(H,11,13)(H,14,15). The first kappa shape index (κ1) is 11.6. The number of ketones is 1. The van der Waals surface area contributed by atoms with Crippen LogP contribution in [-0.2, 0) is 14.4 Å². The lowest BCUT2D eigenvalue weighted by atomic mass is 10.0. The van der Waals surface area contributed by atoms with Gasteiger partial charge in [0.1, 0.15) is 6.04 Å².